The van der Waals surface area contributed by atoms with Crippen LogP contribution in [0.5, 0.6) is 0 Å². The Labute approximate surface area is 169 Å². The Kier molecular flexibility index (Phi) is 5.07. The number of thioether (sulfide) groups is 1. The second kappa shape index (κ2) is 7.64. The van der Waals surface area contributed by atoms with Crippen LogP contribution in [-0.2, 0) is 5.75 Å². The monoisotopic (exact) mass is 416 g/mol. The third-order valence-electron chi connectivity index (χ3n) is 3.96. The summed E-state index contributed by atoms with van der Waals surface area (Å²) in [6.07, 6.45) is 0. The van der Waals surface area contributed by atoms with Crippen molar-refractivity contribution in [3.63, 3.8) is 0 Å². The number of benzene rings is 2. The first kappa shape index (κ1) is 17.9. The third-order valence-corrected chi connectivity index (χ3v) is 5.64. The highest BCUT2D eigenvalue weighted by Gasteiger charge is 2.16. The molecule has 136 valence electrons. The number of H-pyrrole nitrogens is 1. The van der Waals surface area contributed by atoms with Crippen LogP contribution in [0.3, 0.4) is 0 Å². The predicted molar refractivity (Wildman–Crippen MR) is 109 cm³/mol. The lowest BCUT2D eigenvalue weighted by Gasteiger charge is -2.06. The molecule has 2 aromatic heterocycles. The summed E-state index contributed by atoms with van der Waals surface area (Å²) in [5, 5.41) is 17.4. The van der Waals surface area contributed by atoms with Crippen LogP contribution in [0.15, 0.2) is 59.8 Å². The molecule has 0 aliphatic heterocycles. The molecule has 4 rings (SSSR count). The van der Waals surface area contributed by atoms with E-state index in [0.29, 0.717) is 32.5 Å². The summed E-state index contributed by atoms with van der Waals surface area (Å²) in [6, 6.07) is 17.2. The van der Waals surface area contributed by atoms with Crippen LogP contribution in [0, 0.1) is 0 Å². The molecule has 0 aliphatic rings. The molecule has 27 heavy (non-hydrogen) atoms. The maximum absolute atomic E-state index is 6.21. The summed E-state index contributed by atoms with van der Waals surface area (Å²) < 4.78 is 1.43. The molecule has 0 saturated heterocycles. The van der Waals surface area contributed by atoms with E-state index in [9.17, 15) is 0 Å². The van der Waals surface area contributed by atoms with E-state index in [-0.39, 0.29) is 0 Å². The quantitative estimate of drug-likeness (QED) is 0.365. The van der Waals surface area contributed by atoms with Crippen LogP contribution in [0.1, 0.15) is 5.56 Å². The first-order valence-corrected chi connectivity index (χ1v) is 9.75. The molecule has 0 amide bonds. The second-order valence-electron chi connectivity index (χ2n) is 5.70. The molecule has 0 unspecified atom stereocenters. The van der Waals surface area contributed by atoms with Gasteiger partial charge in [-0.05, 0) is 23.8 Å². The standard InChI is InChI=1S/C18H14Cl2N6S/c19-13-7-4-8-14(20)12(13)10-27-18-25-24-17(26(18)21)16-9-15(22-23-16)11-5-2-1-3-6-11/h1-9H,10,21H2,(H,22,23). The second-order valence-corrected chi connectivity index (χ2v) is 7.45. The molecule has 6 nitrogen and oxygen atoms in total. The fourth-order valence-electron chi connectivity index (χ4n) is 2.56. The van der Waals surface area contributed by atoms with Gasteiger partial charge in [-0.25, -0.2) is 4.68 Å². The molecule has 0 spiro atoms. The van der Waals surface area contributed by atoms with Gasteiger partial charge in [0.2, 0.25) is 11.0 Å². The summed E-state index contributed by atoms with van der Waals surface area (Å²) in [7, 11) is 0. The number of halogens is 2. The Morgan fingerprint density at radius 1 is 1.00 bits per heavy atom. The van der Waals surface area contributed by atoms with Gasteiger partial charge in [0.1, 0.15) is 5.69 Å². The van der Waals surface area contributed by atoms with Crippen molar-refractivity contribution in [1.29, 1.82) is 0 Å². The van der Waals surface area contributed by atoms with Crippen molar-refractivity contribution < 1.29 is 0 Å². The summed E-state index contributed by atoms with van der Waals surface area (Å²) >= 11 is 13.8. The van der Waals surface area contributed by atoms with Crippen molar-refractivity contribution in [2.45, 2.75) is 10.9 Å². The summed E-state index contributed by atoms with van der Waals surface area (Å²) in [5.41, 5.74) is 3.34. The first-order valence-electron chi connectivity index (χ1n) is 8.01. The van der Waals surface area contributed by atoms with E-state index in [1.807, 2.05) is 42.5 Å². The lowest BCUT2D eigenvalue weighted by molar-refractivity contribution is 0.847. The Hall–Kier alpha value is -2.48. The maximum Gasteiger partial charge on any atom is 0.210 e. The number of rotatable bonds is 5. The molecule has 0 atom stereocenters. The van der Waals surface area contributed by atoms with E-state index in [4.69, 9.17) is 29.0 Å². The molecular formula is C18H14Cl2N6S. The van der Waals surface area contributed by atoms with Gasteiger partial charge < -0.3 is 5.84 Å². The average Bonchev–Trinajstić information content (AvgIpc) is 3.29. The molecular weight excluding hydrogens is 403 g/mol. The minimum atomic E-state index is 0.498. The molecule has 9 heteroatoms. The van der Waals surface area contributed by atoms with Crippen LogP contribution < -0.4 is 5.84 Å². The Bertz CT molecular complexity index is 1060. The third kappa shape index (κ3) is 3.66. The zero-order valence-corrected chi connectivity index (χ0v) is 16.3. The topological polar surface area (TPSA) is 85.4 Å². The summed E-state index contributed by atoms with van der Waals surface area (Å²) in [5.74, 6) is 7.21. The van der Waals surface area contributed by atoms with Crippen molar-refractivity contribution in [3.8, 4) is 22.8 Å². The molecule has 4 aromatic rings. The summed E-state index contributed by atoms with van der Waals surface area (Å²) in [6.45, 7) is 0. The van der Waals surface area contributed by atoms with Gasteiger partial charge in [-0.3, -0.25) is 5.10 Å². The largest absolute Gasteiger partial charge is 0.335 e. The van der Waals surface area contributed by atoms with Gasteiger partial charge in [-0.2, -0.15) is 5.10 Å². The molecule has 3 N–H and O–H groups in total. The van der Waals surface area contributed by atoms with Crippen molar-refractivity contribution >= 4 is 35.0 Å². The van der Waals surface area contributed by atoms with E-state index >= 15 is 0 Å². The highest BCUT2D eigenvalue weighted by atomic mass is 35.5. The van der Waals surface area contributed by atoms with Crippen LogP contribution in [0.25, 0.3) is 22.8 Å². The molecule has 2 aromatic carbocycles. The SMILES string of the molecule is Nn1c(SCc2c(Cl)cccc2Cl)nnc1-c1cc(-c2ccccc2)n[nH]1. The minimum Gasteiger partial charge on any atom is -0.335 e. The number of aromatic nitrogens is 5. The van der Waals surface area contributed by atoms with Gasteiger partial charge >= 0.3 is 0 Å². The number of hydrogen-bond acceptors (Lipinski definition) is 5. The van der Waals surface area contributed by atoms with Crippen LogP contribution in [0.4, 0.5) is 0 Å². The van der Waals surface area contributed by atoms with Gasteiger partial charge in [0.25, 0.3) is 0 Å². The highest BCUT2D eigenvalue weighted by Crippen LogP contribution is 2.31. The molecule has 2 heterocycles. The van der Waals surface area contributed by atoms with Gasteiger partial charge in [0, 0.05) is 21.4 Å². The fraction of sp³-hybridized carbons (Fsp3) is 0.0556. The van der Waals surface area contributed by atoms with Crippen molar-refractivity contribution in [2.75, 3.05) is 5.84 Å². The molecule has 0 bridgehead atoms. The zero-order valence-electron chi connectivity index (χ0n) is 13.9. The number of nitrogen functional groups attached to an aromatic ring is 1. The average molecular weight is 417 g/mol. The molecule has 0 saturated carbocycles. The molecule has 0 aliphatic carbocycles. The maximum atomic E-state index is 6.21. The Morgan fingerprint density at radius 3 is 2.48 bits per heavy atom. The van der Waals surface area contributed by atoms with Gasteiger partial charge in [-0.15, -0.1) is 10.2 Å². The number of aromatic amines is 1. The zero-order chi connectivity index (χ0) is 18.8. The minimum absolute atomic E-state index is 0.498. The number of nitrogens with one attached hydrogen (secondary N) is 1. The number of nitrogens with two attached hydrogens (primary N) is 1. The number of hydrogen-bond donors (Lipinski definition) is 2. The highest BCUT2D eigenvalue weighted by molar-refractivity contribution is 7.98. The fourth-order valence-corrected chi connectivity index (χ4v) is 4.16. The first-order chi connectivity index (χ1) is 13.1. The molecule has 0 radical (unpaired) electrons. The predicted octanol–water partition coefficient (Wildman–Crippen LogP) is 4.65. The Morgan fingerprint density at radius 2 is 1.74 bits per heavy atom. The lowest BCUT2D eigenvalue weighted by atomic mass is 10.1. The number of nitrogens with zero attached hydrogens (tertiary/aromatic N) is 4. The van der Waals surface area contributed by atoms with Crippen LogP contribution in [0.2, 0.25) is 10.0 Å². The van der Waals surface area contributed by atoms with E-state index in [1.54, 1.807) is 12.1 Å². The molecule has 0 fully saturated rings. The van der Waals surface area contributed by atoms with Gasteiger partial charge in [0.15, 0.2) is 0 Å². The smallest absolute Gasteiger partial charge is 0.210 e. The Balaban J connectivity index is 1.55. The summed E-state index contributed by atoms with van der Waals surface area (Å²) in [4.78, 5) is 0. The van der Waals surface area contributed by atoms with Gasteiger partial charge in [-0.1, -0.05) is 71.4 Å². The van der Waals surface area contributed by atoms with Crippen LogP contribution in [-0.4, -0.2) is 25.1 Å². The van der Waals surface area contributed by atoms with E-state index in [0.717, 1.165) is 16.8 Å². The lowest BCUT2D eigenvalue weighted by Crippen LogP contribution is -2.11. The van der Waals surface area contributed by atoms with Crippen molar-refractivity contribution in [3.05, 3.63) is 70.2 Å². The van der Waals surface area contributed by atoms with Crippen LogP contribution >= 0.6 is 35.0 Å². The van der Waals surface area contributed by atoms with Crippen molar-refractivity contribution in [2.24, 2.45) is 0 Å². The van der Waals surface area contributed by atoms with Crippen molar-refractivity contribution in [1.82, 2.24) is 25.1 Å². The van der Waals surface area contributed by atoms with E-state index in [1.165, 1.54) is 16.4 Å². The van der Waals surface area contributed by atoms with E-state index in [2.05, 4.69) is 20.4 Å². The van der Waals surface area contributed by atoms with Gasteiger partial charge in [0.05, 0.1) is 5.69 Å². The van der Waals surface area contributed by atoms with E-state index < -0.39 is 0 Å². The normalized spacial score (nSPS) is 11.0.